The van der Waals surface area contributed by atoms with Gasteiger partial charge in [-0.25, -0.2) is 0 Å². The Morgan fingerprint density at radius 2 is 1.03 bits per heavy atom. The van der Waals surface area contributed by atoms with Crippen LogP contribution >= 0.6 is 0 Å². The highest BCUT2D eigenvalue weighted by molar-refractivity contribution is 6.97. The quantitative estimate of drug-likeness (QED) is 0.363. The summed E-state index contributed by atoms with van der Waals surface area (Å²) in [4.78, 5) is 0. The van der Waals surface area contributed by atoms with Crippen molar-refractivity contribution in [3.05, 3.63) is 59.7 Å². The predicted molar refractivity (Wildman–Crippen MR) is 158 cm³/mol. The Balaban J connectivity index is 1.51. The van der Waals surface area contributed by atoms with Gasteiger partial charge < -0.3 is 0 Å². The molecular formula is C33H48Si2. The van der Waals surface area contributed by atoms with E-state index in [1.54, 1.807) is 30.4 Å². The Kier molecular flexibility index (Phi) is 5.67. The third-order valence-electron chi connectivity index (χ3n) is 11.8. The summed E-state index contributed by atoms with van der Waals surface area (Å²) in [5.74, 6) is 1.98. The smallest absolute Gasteiger partial charge is 0.0627 e. The molecule has 2 aromatic carbocycles. The van der Waals surface area contributed by atoms with Gasteiger partial charge >= 0.3 is 0 Å². The van der Waals surface area contributed by atoms with Gasteiger partial charge in [0.15, 0.2) is 0 Å². The minimum Gasteiger partial charge on any atom is -0.0627 e. The molecule has 35 heavy (non-hydrogen) atoms. The van der Waals surface area contributed by atoms with E-state index in [1.807, 2.05) is 10.4 Å². The van der Waals surface area contributed by atoms with E-state index >= 15 is 0 Å². The number of fused-ring (bicyclic) bond motifs is 4. The number of benzene rings is 2. The van der Waals surface area contributed by atoms with Gasteiger partial charge in [-0.3, -0.25) is 0 Å². The van der Waals surface area contributed by atoms with Crippen LogP contribution in [0, 0.1) is 11.8 Å². The maximum atomic E-state index is 2.65. The Bertz CT molecular complexity index is 1020. The molecule has 188 valence electrons. The van der Waals surface area contributed by atoms with Crippen molar-refractivity contribution in [1.29, 1.82) is 0 Å². The Labute approximate surface area is 217 Å². The van der Waals surface area contributed by atoms with E-state index in [-0.39, 0.29) is 0 Å². The maximum absolute atomic E-state index is 2.65. The summed E-state index contributed by atoms with van der Waals surface area (Å²) in [6.07, 6.45) is 10.2. The zero-order chi connectivity index (χ0) is 24.6. The largest absolute Gasteiger partial charge is 0.0957 e. The van der Waals surface area contributed by atoms with Gasteiger partial charge in [-0.1, -0.05) is 125 Å². The summed E-state index contributed by atoms with van der Waals surface area (Å²) >= 11 is 0. The summed E-state index contributed by atoms with van der Waals surface area (Å²) in [5.41, 5.74) is 5.44. The summed E-state index contributed by atoms with van der Waals surface area (Å²) in [5, 5.41) is 4.63. The molecule has 2 aliphatic carbocycles. The van der Waals surface area contributed by atoms with Crippen LogP contribution in [0.3, 0.4) is 0 Å². The fraction of sp³-hybridized carbons (Fsp3) is 0.636. The molecule has 2 aromatic rings. The Hall–Kier alpha value is -1.13. The van der Waals surface area contributed by atoms with Gasteiger partial charge in [-0.2, -0.15) is 0 Å². The second-order valence-corrected chi connectivity index (χ2v) is 25.4. The molecule has 6 atom stereocenters. The van der Waals surface area contributed by atoms with Crippen molar-refractivity contribution >= 4 is 26.5 Å². The van der Waals surface area contributed by atoms with Crippen LogP contribution in [0.1, 0.15) is 84.8 Å². The average Bonchev–Trinajstić information content (AvgIpc) is 3.43. The lowest BCUT2D eigenvalue weighted by Crippen LogP contribution is -2.66. The molecule has 0 radical (unpaired) electrons. The summed E-state index contributed by atoms with van der Waals surface area (Å²) in [6.45, 7) is 15.9. The van der Waals surface area contributed by atoms with Gasteiger partial charge in [0, 0.05) is 0 Å². The van der Waals surface area contributed by atoms with Crippen molar-refractivity contribution < 1.29 is 0 Å². The molecule has 2 aliphatic heterocycles. The second-order valence-electron chi connectivity index (χ2n) is 14.9. The van der Waals surface area contributed by atoms with Gasteiger partial charge in [-0.05, 0) is 76.2 Å². The van der Waals surface area contributed by atoms with Crippen LogP contribution < -0.4 is 10.4 Å². The first kappa shape index (κ1) is 24.2. The van der Waals surface area contributed by atoms with Crippen molar-refractivity contribution in [2.45, 2.75) is 120 Å². The third-order valence-corrected chi connectivity index (χ3v) is 26.2. The molecule has 2 bridgehead atoms. The van der Waals surface area contributed by atoms with E-state index in [0.717, 1.165) is 22.9 Å². The van der Waals surface area contributed by atoms with E-state index in [1.165, 1.54) is 37.8 Å². The molecule has 2 unspecified atom stereocenters. The third kappa shape index (κ3) is 3.34. The standard InChI is InChI=1S/C33H48Si2/c1-32(2,3)34(19-11-15-25-13-7-9-17-28(25)34)30-22-24-21-27(30)31(23-24)35(33(4,5)6)20-12-16-26-14-8-10-18-29(26)35/h7-10,13-14,17-18,24,27,30-31H,11-12,15-16,19-23H2,1-6H3/t24?,27?,30-,31+,34+,35-. The molecular weight excluding hydrogens is 453 g/mol. The van der Waals surface area contributed by atoms with Crippen molar-refractivity contribution in [2.75, 3.05) is 0 Å². The molecule has 2 fully saturated rings. The highest BCUT2D eigenvalue weighted by atomic mass is 28.3. The normalized spacial score (nSPS) is 36.6. The molecule has 0 amide bonds. The summed E-state index contributed by atoms with van der Waals surface area (Å²) in [6, 6.07) is 22.7. The van der Waals surface area contributed by atoms with Crippen molar-refractivity contribution in [2.24, 2.45) is 11.8 Å². The van der Waals surface area contributed by atoms with Gasteiger partial charge in [0.1, 0.15) is 0 Å². The molecule has 0 saturated heterocycles. The fourth-order valence-electron chi connectivity index (χ4n) is 10.7. The second kappa shape index (κ2) is 8.19. The first-order valence-electron chi connectivity index (χ1n) is 14.8. The Morgan fingerprint density at radius 3 is 1.43 bits per heavy atom. The van der Waals surface area contributed by atoms with Crippen LogP contribution in [0.5, 0.6) is 0 Å². The number of rotatable bonds is 2. The minimum atomic E-state index is -1.69. The fourth-order valence-corrected chi connectivity index (χ4v) is 25.8. The van der Waals surface area contributed by atoms with Crippen molar-refractivity contribution in [3.63, 3.8) is 0 Å². The van der Waals surface area contributed by atoms with Crippen LogP contribution in [0.25, 0.3) is 0 Å². The first-order valence-corrected chi connectivity index (χ1v) is 19.3. The molecule has 2 heterocycles. The molecule has 4 aliphatic rings. The monoisotopic (exact) mass is 500 g/mol. The van der Waals surface area contributed by atoms with E-state index in [0.29, 0.717) is 10.1 Å². The van der Waals surface area contributed by atoms with Crippen LogP contribution in [0.2, 0.25) is 33.2 Å². The Morgan fingerprint density at radius 1 is 0.600 bits per heavy atom. The lowest BCUT2D eigenvalue weighted by Gasteiger charge is -2.58. The van der Waals surface area contributed by atoms with Crippen LogP contribution in [0.4, 0.5) is 0 Å². The van der Waals surface area contributed by atoms with E-state index in [9.17, 15) is 0 Å². The maximum Gasteiger partial charge on any atom is 0.0957 e. The topological polar surface area (TPSA) is 0 Å². The zero-order valence-electron chi connectivity index (χ0n) is 23.3. The lowest BCUT2D eigenvalue weighted by molar-refractivity contribution is 0.433. The van der Waals surface area contributed by atoms with Gasteiger partial charge in [0.05, 0.1) is 16.1 Å². The highest BCUT2D eigenvalue weighted by Crippen LogP contribution is 2.70. The highest BCUT2D eigenvalue weighted by Gasteiger charge is 2.66. The van der Waals surface area contributed by atoms with Gasteiger partial charge in [-0.15, -0.1) is 0 Å². The predicted octanol–water partition coefficient (Wildman–Crippen LogP) is 8.36. The molecule has 2 heteroatoms. The molecule has 0 nitrogen and oxygen atoms in total. The first-order chi connectivity index (χ1) is 16.6. The molecule has 0 aromatic heterocycles. The van der Waals surface area contributed by atoms with E-state index in [4.69, 9.17) is 0 Å². The number of hydrogen-bond donors (Lipinski definition) is 0. The molecule has 0 N–H and O–H groups in total. The number of aryl methyl sites for hydroxylation is 2. The van der Waals surface area contributed by atoms with Crippen LogP contribution in [0.15, 0.2) is 48.5 Å². The van der Waals surface area contributed by atoms with E-state index in [2.05, 4.69) is 90.1 Å². The zero-order valence-corrected chi connectivity index (χ0v) is 25.3. The average molecular weight is 501 g/mol. The summed E-state index contributed by atoms with van der Waals surface area (Å²) in [7, 11) is -3.38. The number of hydrogen-bond acceptors (Lipinski definition) is 0. The van der Waals surface area contributed by atoms with Crippen LogP contribution in [-0.4, -0.2) is 16.1 Å². The SMILES string of the molecule is CC(C)(C)[Si@@]1([C@@H]2CC3CC2[C@@H]([Si@@]2(C(C)(C)C)CCCc4ccccc42)C3)CCCc2ccccc21. The van der Waals surface area contributed by atoms with Gasteiger partial charge in [0.2, 0.25) is 0 Å². The molecule has 0 spiro atoms. The van der Waals surface area contributed by atoms with Crippen molar-refractivity contribution in [1.82, 2.24) is 0 Å². The molecule has 2 saturated carbocycles. The van der Waals surface area contributed by atoms with Gasteiger partial charge in [0.25, 0.3) is 0 Å². The minimum absolute atomic E-state index is 0.435. The van der Waals surface area contributed by atoms with Crippen LogP contribution in [-0.2, 0) is 12.8 Å². The van der Waals surface area contributed by atoms with E-state index < -0.39 is 16.1 Å². The summed E-state index contributed by atoms with van der Waals surface area (Å²) < 4.78 is 0. The van der Waals surface area contributed by atoms with Crippen molar-refractivity contribution in [3.8, 4) is 0 Å². The molecule has 6 rings (SSSR count). The lowest BCUT2D eigenvalue weighted by atomic mass is 9.99.